The molecule has 0 spiro atoms. The molecule has 32 heavy (non-hydrogen) atoms. The van der Waals surface area contributed by atoms with Crippen molar-refractivity contribution in [1.29, 1.82) is 0 Å². The number of carbonyl (C=O) groups excluding carboxylic acids is 2. The molecule has 3 aromatic carbocycles. The second-order valence-corrected chi connectivity index (χ2v) is 8.20. The number of hydrogen-bond donors (Lipinski definition) is 2. The molecule has 1 heterocycles. The van der Waals surface area contributed by atoms with Crippen LogP contribution < -0.4 is 10.6 Å². The van der Waals surface area contributed by atoms with E-state index in [0.29, 0.717) is 12.1 Å². The van der Waals surface area contributed by atoms with Gasteiger partial charge in [-0.2, -0.15) is 0 Å². The molecule has 2 N–H and O–H groups in total. The van der Waals surface area contributed by atoms with Gasteiger partial charge in [0.25, 0.3) is 5.91 Å². The highest BCUT2D eigenvalue weighted by atomic mass is 16.2. The summed E-state index contributed by atoms with van der Waals surface area (Å²) in [6, 6.07) is 25.9. The molecule has 3 aromatic rings. The first-order valence-electron chi connectivity index (χ1n) is 11.2. The SMILES string of the molecule is O=C(NC(C(=O)NCc1ccc(CN2CCCC2)cc1)c1ccccc1)c1ccccc1. The minimum atomic E-state index is -0.765. The molecule has 5 heteroatoms. The van der Waals surface area contributed by atoms with E-state index in [1.165, 1.54) is 31.5 Å². The Morgan fingerprint density at radius 3 is 2.03 bits per heavy atom. The standard InChI is InChI=1S/C27H29N3O2/c31-26(24-11-5-2-6-12-24)29-25(23-9-3-1-4-10-23)27(32)28-19-21-13-15-22(16-14-21)20-30-17-7-8-18-30/h1-6,9-16,25H,7-8,17-20H2,(H,28,32)(H,29,31). The van der Waals surface area contributed by atoms with Crippen LogP contribution in [0.1, 0.15) is 45.9 Å². The Labute approximate surface area is 189 Å². The fraction of sp³-hybridized carbons (Fsp3) is 0.259. The largest absolute Gasteiger partial charge is 0.350 e. The number of nitrogens with zero attached hydrogens (tertiary/aromatic N) is 1. The lowest BCUT2D eigenvalue weighted by Crippen LogP contribution is -2.40. The van der Waals surface area contributed by atoms with Gasteiger partial charge in [-0.25, -0.2) is 0 Å². The summed E-state index contributed by atoms with van der Waals surface area (Å²) >= 11 is 0. The van der Waals surface area contributed by atoms with Crippen LogP contribution in [0.5, 0.6) is 0 Å². The highest BCUT2D eigenvalue weighted by molar-refractivity contribution is 5.97. The van der Waals surface area contributed by atoms with E-state index in [1.54, 1.807) is 24.3 Å². The van der Waals surface area contributed by atoms with E-state index < -0.39 is 6.04 Å². The van der Waals surface area contributed by atoms with Crippen LogP contribution in [0.25, 0.3) is 0 Å². The highest BCUT2D eigenvalue weighted by Gasteiger charge is 2.23. The fourth-order valence-corrected chi connectivity index (χ4v) is 4.00. The van der Waals surface area contributed by atoms with E-state index in [-0.39, 0.29) is 11.8 Å². The summed E-state index contributed by atoms with van der Waals surface area (Å²) in [4.78, 5) is 28.2. The van der Waals surface area contributed by atoms with E-state index in [0.717, 1.165) is 17.7 Å². The normalized spacial score (nSPS) is 14.6. The lowest BCUT2D eigenvalue weighted by Gasteiger charge is -2.19. The van der Waals surface area contributed by atoms with Gasteiger partial charge in [-0.05, 0) is 54.8 Å². The summed E-state index contributed by atoms with van der Waals surface area (Å²) in [5.41, 5.74) is 3.59. The Kier molecular flexibility index (Phi) is 7.31. The van der Waals surface area contributed by atoms with Crippen molar-refractivity contribution < 1.29 is 9.59 Å². The van der Waals surface area contributed by atoms with Crippen LogP contribution >= 0.6 is 0 Å². The third-order valence-corrected chi connectivity index (χ3v) is 5.80. The number of likely N-dealkylation sites (tertiary alicyclic amines) is 1. The number of benzene rings is 3. The predicted octanol–water partition coefficient (Wildman–Crippen LogP) is 4.07. The number of amides is 2. The zero-order valence-corrected chi connectivity index (χ0v) is 18.2. The molecule has 1 unspecified atom stereocenters. The second kappa shape index (κ2) is 10.7. The summed E-state index contributed by atoms with van der Waals surface area (Å²) in [5.74, 6) is -0.512. The minimum Gasteiger partial charge on any atom is -0.350 e. The van der Waals surface area contributed by atoms with Crippen molar-refractivity contribution in [2.75, 3.05) is 13.1 Å². The molecule has 0 bridgehead atoms. The Bertz CT molecular complexity index is 1010. The van der Waals surface area contributed by atoms with E-state index in [4.69, 9.17) is 0 Å². The molecule has 0 aliphatic carbocycles. The first-order valence-corrected chi connectivity index (χ1v) is 11.2. The van der Waals surface area contributed by atoms with Gasteiger partial charge >= 0.3 is 0 Å². The predicted molar refractivity (Wildman–Crippen MR) is 126 cm³/mol. The summed E-state index contributed by atoms with van der Waals surface area (Å²) in [6.07, 6.45) is 2.57. The molecule has 4 rings (SSSR count). The van der Waals surface area contributed by atoms with Gasteiger partial charge < -0.3 is 10.6 Å². The van der Waals surface area contributed by atoms with Crippen LogP contribution in [0.3, 0.4) is 0 Å². The molecule has 164 valence electrons. The van der Waals surface area contributed by atoms with Gasteiger partial charge in [-0.1, -0.05) is 72.8 Å². The Morgan fingerprint density at radius 2 is 1.38 bits per heavy atom. The van der Waals surface area contributed by atoms with E-state index >= 15 is 0 Å². The maximum absolute atomic E-state index is 13.0. The van der Waals surface area contributed by atoms with Gasteiger partial charge in [-0.3, -0.25) is 14.5 Å². The molecule has 0 aromatic heterocycles. The van der Waals surface area contributed by atoms with Gasteiger partial charge in [0.05, 0.1) is 0 Å². The topological polar surface area (TPSA) is 61.4 Å². The molecule has 0 radical (unpaired) electrons. The lowest BCUT2D eigenvalue weighted by molar-refractivity contribution is -0.123. The van der Waals surface area contributed by atoms with Crippen molar-refractivity contribution >= 4 is 11.8 Å². The van der Waals surface area contributed by atoms with E-state index in [1.807, 2.05) is 36.4 Å². The quantitative estimate of drug-likeness (QED) is 0.570. The lowest BCUT2D eigenvalue weighted by atomic mass is 10.0. The molecule has 2 amide bonds. The maximum atomic E-state index is 13.0. The van der Waals surface area contributed by atoms with Crippen molar-refractivity contribution in [3.63, 3.8) is 0 Å². The molecule has 1 saturated heterocycles. The van der Waals surface area contributed by atoms with Gasteiger partial charge in [0, 0.05) is 18.7 Å². The molecular weight excluding hydrogens is 398 g/mol. The first-order chi connectivity index (χ1) is 15.7. The van der Waals surface area contributed by atoms with Gasteiger partial charge in [0.1, 0.15) is 6.04 Å². The molecule has 0 saturated carbocycles. The Hall–Kier alpha value is -3.44. The second-order valence-electron chi connectivity index (χ2n) is 8.20. The zero-order chi connectivity index (χ0) is 22.2. The van der Waals surface area contributed by atoms with Gasteiger partial charge in [-0.15, -0.1) is 0 Å². The molecule has 1 aliphatic rings. The number of carbonyl (C=O) groups is 2. The van der Waals surface area contributed by atoms with Gasteiger partial charge in [0.2, 0.25) is 5.91 Å². The van der Waals surface area contributed by atoms with Crippen molar-refractivity contribution in [2.45, 2.75) is 32.0 Å². The third-order valence-electron chi connectivity index (χ3n) is 5.80. The van der Waals surface area contributed by atoms with E-state index in [2.05, 4.69) is 39.8 Å². The summed E-state index contributed by atoms with van der Waals surface area (Å²) in [6.45, 7) is 3.74. The van der Waals surface area contributed by atoms with Crippen molar-refractivity contribution in [3.8, 4) is 0 Å². The fourth-order valence-electron chi connectivity index (χ4n) is 4.00. The summed E-state index contributed by atoms with van der Waals surface area (Å²) in [5, 5.41) is 5.86. The number of rotatable bonds is 8. The van der Waals surface area contributed by atoms with Crippen LogP contribution in [0.4, 0.5) is 0 Å². The highest BCUT2D eigenvalue weighted by Crippen LogP contribution is 2.16. The average molecular weight is 428 g/mol. The average Bonchev–Trinajstić information content (AvgIpc) is 3.36. The zero-order valence-electron chi connectivity index (χ0n) is 18.2. The van der Waals surface area contributed by atoms with Crippen LogP contribution in [-0.4, -0.2) is 29.8 Å². The van der Waals surface area contributed by atoms with Crippen LogP contribution in [0.15, 0.2) is 84.9 Å². The van der Waals surface area contributed by atoms with Crippen LogP contribution in [0, 0.1) is 0 Å². The smallest absolute Gasteiger partial charge is 0.252 e. The molecule has 1 aliphatic heterocycles. The minimum absolute atomic E-state index is 0.235. The van der Waals surface area contributed by atoms with Crippen molar-refractivity contribution in [3.05, 3.63) is 107 Å². The molecule has 1 fully saturated rings. The summed E-state index contributed by atoms with van der Waals surface area (Å²) in [7, 11) is 0. The van der Waals surface area contributed by atoms with Crippen LogP contribution in [0.2, 0.25) is 0 Å². The van der Waals surface area contributed by atoms with Crippen molar-refractivity contribution in [1.82, 2.24) is 15.5 Å². The first kappa shape index (κ1) is 21.8. The number of nitrogens with one attached hydrogen (secondary N) is 2. The van der Waals surface area contributed by atoms with E-state index in [9.17, 15) is 9.59 Å². The maximum Gasteiger partial charge on any atom is 0.252 e. The third kappa shape index (κ3) is 5.83. The monoisotopic (exact) mass is 427 g/mol. The van der Waals surface area contributed by atoms with Crippen LogP contribution in [-0.2, 0) is 17.9 Å². The molecular formula is C27H29N3O2. The Balaban J connectivity index is 1.39. The molecule has 5 nitrogen and oxygen atoms in total. The number of hydrogen-bond acceptors (Lipinski definition) is 3. The van der Waals surface area contributed by atoms with Crippen molar-refractivity contribution in [2.24, 2.45) is 0 Å². The Morgan fingerprint density at radius 1 is 0.781 bits per heavy atom. The van der Waals surface area contributed by atoms with Gasteiger partial charge in [0.15, 0.2) is 0 Å². The summed E-state index contributed by atoms with van der Waals surface area (Å²) < 4.78 is 0. The molecule has 1 atom stereocenters.